The summed E-state index contributed by atoms with van der Waals surface area (Å²) >= 11 is 0. The number of aromatic nitrogens is 1. The van der Waals surface area contributed by atoms with Crippen LogP contribution in [-0.4, -0.2) is 71.9 Å². The van der Waals surface area contributed by atoms with Gasteiger partial charge in [-0.3, -0.25) is 0 Å². The van der Waals surface area contributed by atoms with Gasteiger partial charge in [-0.05, 0) is 54.1 Å². The molecule has 1 aromatic heterocycles. The van der Waals surface area contributed by atoms with Crippen LogP contribution < -0.4 is 9.64 Å². The first-order valence-electron chi connectivity index (χ1n) is 12.1. The summed E-state index contributed by atoms with van der Waals surface area (Å²) in [5.74, 6) is -1.63. The maximum atomic E-state index is 9.10. The van der Waals surface area contributed by atoms with Gasteiger partial charge in [-0.25, -0.2) is 14.6 Å². The number of aliphatic carboxylic acids is 2. The van der Waals surface area contributed by atoms with Crippen LogP contribution in [0.15, 0.2) is 54.6 Å². The van der Waals surface area contributed by atoms with Crippen LogP contribution in [0.1, 0.15) is 30.2 Å². The number of hydrogen-bond acceptors (Lipinski definition) is 6. The Balaban J connectivity index is 0.000000455. The summed E-state index contributed by atoms with van der Waals surface area (Å²) in [6, 6.07) is 17.3. The summed E-state index contributed by atoms with van der Waals surface area (Å²) in [4.78, 5) is 28.4. The first-order chi connectivity index (χ1) is 17.4. The van der Waals surface area contributed by atoms with E-state index >= 15 is 0 Å². The van der Waals surface area contributed by atoms with Crippen molar-refractivity contribution in [2.75, 3.05) is 44.7 Å². The van der Waals surface area contributed by atoms with Crippen molar-refractivity contribution in [1.82, 2.24) is 9.88 Å². The maximum absolute atomic E-state index is 9.10. The standard InChI is InChI=1S/C26H29N3O.C2H2O4/c1-3-28-13-15-29(16-14-28)26-22-9-5-4-7-20(22)17-25(27-26)23-10-6-8-19-11-12-21(30-2)18-24(19)23;3-1(4)2(5)6/h4-5,7,9-12,17-18H,3,6,8,13-16H2,1-2H3;(H,3,4)(H,5,6). The molecule has 8 heteroatoms. The highest BCUT2D eigenvalue weighted by molar-refractivity contribution is 6.27. The number of aryl methyl sites for hydroxylation is 1. The lowest BCUT2D eigenvalue weighted by atomic mass is 9.88. The zero-order chi connectivity index (χ0) is 25.7. The topological polar surface area (TPSA) is 103 Å². The Morgan fingerprint density at radius 1 is 1.00 bits per heavy atom. The number of carboxylic acids is 2. The molecule has 0 atom stereocenters. The van der Waals surface area contributed by atoms with Gasteiger partial charge in [0.05, 0.1) is 12.8 Å². The third-order valence-corrected chi connectivity index (χ3v) is 6.67. The predicted octanol–water partition coefficient (Wildman–Crippen LogP) is 3.92. The third kappa shape index (κ3) is 5.49. The molecule has 0 unspecified atom stereocenters. The number of pyridine rings is 1. The number of nitrogens with zero attached hydrogens (tertiary/aromatic N) is 3. The second-order valence-electron chi connectivity index (χ2n) is 8.76. The number of carbonyl (C=O) groups is 2. The summed E-state index contributed by atoms with van der Waals surface area (Å²) in [5.41, 5.74) is 4.93. The minimum Gasteiger partial charge on any atom is -0.497 e. The number of ether oxygens (including phenoxy) is 1. The lowest BCUT2D eigenvalue weighted by molar-refractivity contribution is -0.159. The maximum Gasteiger partial charge on any atom is 0.414 e. The zero-order valence-corrected chi connectivity index (χ0v) is 20.6. The zero-order valence-electron chi connectivity index (χ0n) is 20.6. The molecular formula is C28H31N3O5. The minimum atomic E-state index is -1.82. The number of likely N-dealkylation sites (N-methyl/N-ethyl adjacent to an activating group) is 1. The molecule has 5 rings (SSSR count). The molecule has 1 aliphatic heterocycles. The summed E-state index contributed by atoms with van der Waals surface area (Å²) in [6.07, 6.45) is 4.47. The lowest BCUT2D eigenvalue weighted by Gasteiger charge is -2.35. The van der Waals surface area contributed by atoms with Gasteiger partial charge in [0.1, 0.15) is 11.6 Å². The number of fused-ring (bicyclic) bond motifs is 2. The summed E-state index contributed by atoms with van der Waals surface area (Å²) < 4.78 is 5.51. The van der Waals surface area contributed by atoms with Gasteiger partial charge in [-0.1, -0.05) is 43.3 Å². The van der Waals surface area contributed by atoms with Gasteiger partial charge < -0.3 is 24.7 Å². The molecule has 0 radical (unpaired) electrons. The molecule has 0 spiro atoms. The van der Waals surface area contributed by atoms with E-state index in [0.29, 0.717) is 0 Å². The van der Waals surface area contributed by atoms with Gasteiger partial charge in [0.25, 0.3) is 0 Å². The molecule has 1 fully saturated rings. The van der Waals surface area contributed by atoms with Crippen molar-refractivity contribution in [1.29, 1.82) is 0 Å². The molecule has 0 bridgehead atoms. The highest BCUT2D eigenvalue weighted by atomic mass is 16.5. The summed E-state index contributed by atoms with van der Waals surface area (Å²) in [5, 5.41) is 17.3. The van der Waals surface area contributed by atoms with Crippen LogP contribution >= 0.6 is 0 Å². The fourth-order valence-corrected chi connectivity index (χ4v) is 4.71. The smallest absolute Gasteiger partial charge is 0.414 e. The molecule has 188 valence electrons. The van der Waals surface area contributed by atoms with Crippen LogP contribution in [0.25, 0.3) is 16.3 Å². The molecule has 8 nitrogen and oxygen atoms in total. The van der Waals surface area contributed by atoms with Gasteiger partial charge >= 0.3 is 11.9 Å². The number of anilines is 1. The largest absolute Gasteiger partial charge is 0.497 e. The quantitative estimate of drug-likeness (QED) is 0.532. The van der Waals surface area contributed by atoms with Crippen LogP contribution in [0.5, 0.6) is 5.75 Å². The summed E-state index contributed by atoms with van der Waals surface area (Å²) in [6.45, 7) is 7.60. The number of allylic oxidation sites excluding steroid dienone is 1. The second kappa shape index (κ2) is 11.2. The predicted molar refractivity (Wildman–Crippen MR) is 140 cm³/mol. The van der Waals surface area contributed by atoms with E-state index in [4.69, 9.17) is 29.5 Å². The van der Waals surface area contributed by atoms with E-state index in [9.17, 15) is 0 Å². The molecule has 2 aliphatic rings. The molecule has 0 saturated carbocycles. The van der Waals surface area contributed by atoms with Crippen LogP contribution in [0.2, 0.25) is 0 Å². The van der Waals surface area contributed by atoms with Crippen LogP contribution in [0, 0.1) is 0 Å². The second-order valence-corrected chi connectivity index (χ2v) is 8.76. The normalized spacial score (nSPS) is 15.4. The van der Waals surface area contributed by atoms with E-state index < -0.39 is 11.9 Å². The highest BCUT2D eigenvalue weighted by Crippen LogP contribution is 2.36. The van der Waals surface area contributed by atoms with Crippen molar-refractivity contribution in [3.63, 3.8) is 0 Å². The van der Waals surface area contributed by atoms with E-state index in [-0.39, 0.29) is 0 Å². The average Bonchev–Trinajstić information content (AvgIpc) is 2.92. The SMILES string of the molecule is CCN1CCN(c2nc(C3=CCCc4ccc(OC)cc43)cc3ccccc23)CC1.O=C(O)C(=O)O. The summed E-state index contributed by atoms with van der Waals surface area (Å²) in [7, 11) is 1.73. The van der Waals surface area contributed by atoms with E-state index in [2.05, 4.69) is 71.3 Å². The van der Waals surface area contributed by atoms with Crippen molar-refractivity contribution in [2.45, 2.75) is 19.8 Å². The number of methoxy groups -OCH3 is 1. The monoisotopic (exact) mass is 489 g/mol. The molecular weight excluding hydrogens is 458 g/mol. The van der Waals surface area contributed by atoms with Crippen LogP contribution in [0.3, 0.4) is 0 Å². The van der Waals surface area contributed by atoms with Crippen molar-refractivity contribution >= 4 is 34.1 Å². The minimum absolute atomic E-state index is 0.901. The fourth-order valence-electron chi connectivity index (χ4n) is 4.71. The van der Waals surface area contributed by atoms with Gasteiger partial charge in [-0.2, -0.15) is 0 Å². The number of piperazine rings is 1. The Morgan fingerprint density at radius 2 is 1.72 bits per heavy atom. The van der Waals surface area contributed by atoms with Gasteiger partial charge in [0.2, 0.25) is 0 Å². The highest BCUT2D eigenvalue weighted by Gasteiger charge is 2.22. The first-order valence-corrected chi connectivity index (χ1v) is 12.1. The molecule has 1 saturated heterocycles. The fraction of sp³-hybridized carbons (Fsp3) is 0.321. The Morgan fingerprint density at radius 3 is 2.39 bits per heavy atom. The molecule has 1 aliphatic carbocycles. The Bertz CT molecular complexity index is 1280. The van der Waals surface area contributed by atoms with Gasteiger partial charge in [-0.15, -0.1) is 0 Å². The molecule has 0 amide bonds. The van der Waals surface area contributed by atoms with Crippen molar-refractivity contribution in [3.8, 4) is 5.75 Å². The lowest BCUT2D eigenvalue weighted by Crippen LogP contribution is -2.46. The van der Waals surface area contributed by atoms with Crippen molar-refractivity contribution < 1.29 is 24.5 Å². The van der Waals surface area contributed by atoms with E-state index in [0.717, 1.165) is 62.8 Å². The van der Waals surface area contributed by atoms with Crippen LogP contribution in [-0.2, 0) is 16.0 Å². The third-order valence-electron chi connectivity index (χ3n) is 6.67. The molecule has 2 heterocycles. The van der Waals surface area contributed by atoms with Crippen molar-refractivity contribution in [2.24, 2.45) is 0 Å². The van der Waals surface area contributed by atoms with E-state index in [1.165, 1.54) is 27.5 Å². The number of benzene rings is 2. The number of rotatable bonds is 4. The van der Waals surface area contributed by atoms with E-state index in [1.54, 1.807) is 7.11 Å². The number of carboxylic acid groups (broad SMARTS) is 2. The Hall–Kier alpha value is -3.91. The Kier molecular flexibility index (Phi) is 7.85. The van der Waals surface area contributed by atoms with Gasteiger partial charge in [0, 0.05) is 37.1 Å². The Labute approximate surface area is 210 Å². The molecule has 36 heavy (non-hydrogen) atoms. The van der Waals surface area contributed by atoms with Gasteiger partial charge in [0.15, 0.2) is 0 Å². The van der Waals surface area contributed by atoms with Crippen LogP contribution in [0.4, 0.5) is 5.82 Å². The average molecular weight is 490 g/mol. The molecule has 2 aromatic carbocycles. The van der Waals surface area contributed by atoms with E-state index in [1.807, 2.05) is 0 Å². The molecule has 2 N–H and O–H groups in total. The van der Waals surface area contributed by atoms with Crippen molar-refractivity contribution in [3.05, 3.63) is 71.4 Å². The number of hydrogen-bond donors (Lipinski definition) is 2. The molecule has 3 aromatic rings. The first kappa shape index (κ1) is 25.2.